The third-order valence-electron chi connectivity index (χ3n) is 5.59. The molecule has 1 aliphatic heterocycles. The normalized spacial score (nSPS) is 16.0. The van der Waals surface area contributed by atoms with Gasteiger partial charge in [0.1, 0.15) is 17.4 Å². The monoisotopic (exact) mass is 466 g/mol. The highest BCUT2D eigenvalue weighted by Crippen LogP contribution is 2.31. The van der Waals surface area contributed by atoms with Crippen molar-refractivity contribution in [2.24, 2.45) is 0 Å². The molecule has 1 saturated heterocycles. The highest BCUT2D eigenvalue weighted by molar-refractivity contribution is 5.85. The Balaban J connectivity index is 1.39. The Labute approximate surface area is 192 Å². The fourth-order valence-electron chi connectivity index (χ4n) is 3.77. The molecule has 1 aliphatic rings. The molecule has 0 aliphatic carbocycles. The van der Waals surface area contributed by atoms with Gasteiger partial charge in [0.05, 0.1) is 34.7 Å². The molecule has 174 valence electrons. The number of pyridine rings is 1. The van der Waals surface area contributed by atoms with Gasteiger partial charge in [-0.05, 0) is 31.5 Å². The number of aromatic nitrogens is 6. The first kappa shape index (κ1) is 21.6. The summed E-state index contributed by atoms with van der Waals surface area (Å²) in [5, 5.41) is 10.8. The van der Waals surface area contributed by atoms with E-state index in [1.165, 1.54) is 6.20 Å². The maximum Gasteiger partial charge on any atom is 0.333 e. The molecule has 0 saturated carbocycles. The van der Waals surface area contributed by atoms with E-state index in [1.807, 2.05) is 6.07 Å². The predicted molar refractivity (Wildman–Crippen MR) is 117 cm³/mol. The van der Waals surface area contributed by atoms with Crippen LogP contribution in [0.1, 0.15) is 30.3 Å². The number of hydrogen-bond acceptors (Lipinski definition) is 8. The van der Waals surface area contributed by atoms with Gasteiger partial charge in [0, 0.05) is 25.9 Å². The summed E-state index contributed by atoms with van der Waals surface area (Å²) in [5.74, 6) is 0.418. The number of halogens is 2. The minimum absolute atomic E-state index is 0.0137. The lowest BCUT2D eigenvalue weighted by molar-refractivity contribution is -0.128. The van der Waals surface area contributed by atoms with Crippen LogP contribution in [-0.2, 0) is 4.79 Å². The number of hydrogen-bond donors (Lipinski definition) is 1. The zero-order valence-corrected chi connectivity index (χ0v) is 18.3. The van der Waals surface area contributed by atoms with Crippen molar-refractivity contribution in [3.63, 3.8) is 0 Å². The van der Waals surface area contributed by atoms with Gasteiger partial charge in [-0.25, -0.2) is 19.6 Å². The van der Waals surface area contributed by atoms with Crippen molar-refractivity contribution in [3.8, 4) is 22.8 Å². The SMILES string of the molecule is Cc1nn(C(F)F)cc1Nc1nccc(-c2cccc(-c3cc([C@@H]4CCN(C)C4=O)on3)n2)n1. The van der Waals surface area contributed by atoms with Crippen molar-refractivity contribution in [1.29, 1.82) is 0 Å². The Morgan fingerprint density at radius 1 is 1.15 bits per heavy atom. The Morgan fingerprint density at radius 3 is 2.62 bits per heavy atom. The highest BCUT2D eigenvalue weighted by Gasteiger charge is 2.33. The van der Waals surface area contributed by atoms with E-state index in [0.29, 0.717) is 57.6 Å². The standard InChI is InChI=1S/C22H20F2N8O2/c1-12-18(11-32(29-12)21(23)24)28-22-25-8-6-16(27-22)14-4-3-5-15(26-14)17-10-19(34-30-17)13-7-9-31(2)20(13)33/h3-6,8,10-11,13,21H,7,9H2,1-2H3,(H,25,27,28)/t13-/m0/s1. The summed E-state index contributed by atoms with van der Waals surface area (Å²) >= 11 is 0. The Hall–Kier alpha value is -4.22. The van der Waals surface area contributed by atoms with Gasteiger partial charge >= 0.3 is 6.55 Å². The van der Waals surface area contributed by atoms with E-state index in [4.69, 9.17) is 4.52 Å². The van der Waals surface area contributed by atoms with Crippen molar-refractivity contribution >= 4 is 17.5 Å². The van der Waals surface area contributed by atoms with Gasteiger partial charge < -0.3 is 14.7 Å². The number of likely N-dealkylation sites (N-methyl/N-ethyl adjacent to an activating group) is 1. The number of aryl methyl sites for hydroxylation is 1. The smallest absolute Gasteiger partial charge is 0.333 e. The predicted octanol–water partition coefficient (Wildman–Crippen LogP) is 3.78. The van der Waals surface area contributed by atoms with Crippen LogP contribution in [0.2, 0.25) is 0 Å². The summed E-state index contributed by atoms with van der Waals surface area (Å²) in [6.07, 6.45) is 3.43. The van der Waals surface area contributed by atoms with Crippen LogP contribution in [0.3, 0.4) is 0 Å². The summed E-state index contributed by atoms with van der Waals surface area (Å²) in [6, 6.07) is 8.81. The highest BCUT2D eigenvalue weighted by atomic mass is 19.3. The maximum atomic E-state index is 12.9. The largest absolute Gasteiger partial charge is 0.360 e. The lowest BCUT2D eigenvalue weighted by Gasteiger charge is -2.07. The summed E-state index contributed by atoms with van der Waals surface area (Å²) < 4.78 is 31.8. The first-order valence-corrected chi connectivity index (χ1v) is 10.5. The number of likely N-dealkylation sites (tertiary alicyclic amines) is 1. The fourth-order valence-corrected chi connectivity index (χ4v) is 3.77. The van der Waals surface area contributed by atoms with E-state index in [-0.39, 0.29) is 17.8 Å². The molecule has 1 fully saturated rings. The molecule has 0 aromatic carbocycles. The zero-order chi connectivity index (χ0) is 23.8. The molecule has 4 aromatic heterocycles. The molecule has 0 unspecified atom stereocenters. The lowest BCUT2D eigenvalue weighted by Crippen LogP contribution is -2.21. The minimum atomic E-state index is -2.74. The number of amides is 1. The van der Waals surface area contributed by atoms with E-state index in [2.05, 4.69) is 30.5 Å². The molecule has 0 spiro atoms. The Bertz CT molecular complexity index is 1350. The molecule has 4 aromatic rings. The zero-order valence-electron chi connectivity index (χ0n) is 18.3. The Morgan fingerprint density at radius 2 is 1.91 bits per heavy atom. The minimum Gasteiger partial charge on any atom is -0.360 e. The quantitative estimate of drug-likeness (QED) is 0.457. The molecular weight excluding hydrogens is 446 g/mol. The van der Waals surface area contributed by atoms with Crippen molar-refractivity contribution in [1.82, 2.24) is 34.8 Å². The fraction of sp³-hybridized carbons (Fsp3) is 0.273. The van der Waals surface area contributed by atoms with E-state index < -0.39 is 6.55 Å². The van der Waals surface area contributed by atoms with Crippen LogP contribution in [0.4, 0.5) is 20.4 Å². The van der Waals surface area contributed by atoms with Crippen LogP contribution in [0.5, 0.6) is 0 Å². The number of rotatable bonds is 6. The molecular formula is C22H20F2N8O2. The molecule has 10 nitrogen and oxygen atoms in total. The van der Waals surface area contributed by atoms with Crippen LogP contribution in [0, 0.1) is 6.92 Å². The van der Waals surface area contributed by atoms with E-state index in [9.17, 15) is 13.6 Å². The Kier molecular flexibility index (Phi) is 5.48. The van der Waals surface area contributed by atoms with Crippen molar-refractivity contribution in [2.75, 3.05) is 18.9 Å². The number of carbonyl (C=O) groups excluding carboxylic acids is 1. The number of nitrogens with one attached hydrogen (secondary N) is 1. The van der Waals surface area contributed by atoms with E-state index in [0.717, 1.165) is 0 Å². The number of alkyl halides is 2. The number of nitrogens with zero attached hydrogens (tertiary/aromatic N) is 7. The number of anilines is 2. The summed E-state index contributed by atoms with van der Waals surface area (Å²) in [4.78, 5) is 27.2. The van der Waals surface area contributed by atoms with Crippen molar-refractivity contribution < 1.29 is 18.1 Å². The molecule has 1 atom stereocenters. The second-order valence-corrected chi connectivity index (χ2v) is 7.90. The molecule has 0 radical (unpaired) electrons. The summed E-state index contributed by atoms with van der Waals surface area (Å²) in [7, 11) is 1.77. The first-order valence-electron chi connectivity index (χ1n) is 10.5. The lowest BCUT2D eigenvalue weighted by atomic mass is 10.0. The van der Waals surface area contributed by atoms with Crippen molar-refractivity contribution in [2.45, 2.75) is 25.8 Å². The third kappa shape index (κ3) is 4.09. The van der Waals surface area contributed by atoms with Crippen LogP contribution in [-0.4, -0.2) is 54.3 Å². The average Bonchev–Trinajstić information content (AvgIpc) is 3.54. The van der Waals surface area contributed by atoms with Gasteiger partial charge in [-0.3, -0.25) is 4.79 Å². The molecule has 1 amide bonds. The topological polar surface area (TPSA) is 115 Å². The second kappa shape index (κ2) is 8.61. The van der Waals surface area contributed by atoms with Gasteiger partial charge in [0.15, 0.2) is 0 Å². The van der Waals surface area contributed by atoms with Gasteiger partial charge in [0.25, 0.3) is 0 Å². The van der Waals surface area contributed by atoms with Crippen molar-refractivity contribution in [3.05, 3.63) is 54.2 Å². The van der Waals surface area contributed by atoms with Gasteiger partial charge in [0.2, 0.25) is 11.9 Å². The molecule has 5 heterocycles. The first-order chi connectivity index (χ1) is 16.4. The van der Waals surface area contributed by atoms with E-state index in [1.54, 1.807) is 49.3 Å². The van der Waals surface area contributed by atoms with Gasteiger partial charge in [-0.1, -0.05) is 11.2 Å². The third-order valence-corrected chi connectivity index (χ3v) is 5.59. The summed E-state index contributed by atoms with van der Waals surface area (Å²) in [5.41, 5.74) is 2.93. The van der Waals surface area contributed by atoms with Crippen LogP contribution in [0.25, 0.3) is 22.8 Å². The molecule has 1 N–H and O–H groups in total. The molecule has 12 heteroatoms. The van der Waals surface area contributed by atoms with Crippen LogP contribution in [0.15, 0.2) is 47.2 Å². The second-order valence-electron chi connectivity index (χ2n) is 7.90. The van der Waals surface area contributed by atoms with E-state index >= 15 is 0 Å². The maximum absolute atomic E-state index is 12.9. The van der Waals surface area contributed by atoms with Gasteiger partial charge in [-0.2, -0.15) is 13.9 Å². The average molecular weight is 466 g/mol. The van der Waals surface area contributed by atoms with Crippen LogP contribution >= 0.6 is 0 Å². The van der Waals surface area contributed by atoms with Crippen LogP contribution < -0.4 is 5.32 Å². The van der Waals surface area contributed by atoms with Gasteiger partial charge in [-0.15, -0.1) is 0 Å². The molecule has 0 bridgehead atoms. The summed E-state index contributed by atoms with van der Waals surface area (Å²) in [6.45, 7) is -0.447. The molecule has 5 rings (SSSR count). The molecule has 34 heavy (non-hydrogen) atoms. The number of carbonyl (C=O) groups is 1.